The molecule has 0 aromatic heterocycles. The van der Waals surface area contributed by atoms with Gasteiger partial charge in [0.2, 0.25) is 0 Å². The van der Waals surface area contributed by atoms with Gasteiger partial charge < -0.3 is 4.79 Å². The van der Waals surface area contributed by atoms with Gasteiger partial charge in [-0.3, -0.25) is 0 Å². The number of benzene rings is 3. The Kier molecular flexibility index (Phi) is 4.07. The normalized spacial score (nSPS) is 13.4. The van der Waals surface area contributed by atoms with E-state index in [1.54, 1.807) is 0 Å². The van der Waals surface area contributed by atoms with E-state index in [2.05, 4.69) is 18.2 Å². The van der Waals surface area contributed by atoms with Crippen LogP contribution in [0.3, 0.4) is 0 Å². The molecule has 0 amide bonds. The average molecular weight is 324 g/mol. The van der Waals surface area contributed by atoms with Crippen LogP contribution in [0.1, 0.15) is 35.1 Å². The van der Waals surface area contributed by atoms with E-state index in [1.165, 1.54) is 18.4 Å². The third-order valence-corrected chi connectivity index (χ3v) is 4.92. The Morgan fingerprint density at radius 1 is 0.680 bits per heavy atom. The number of allylic oxidation sites excluding steroid dienone is 1. The molecule has 1 nitrogen and oxygen atoms in total. The summed E-state index contributed by atoms with van der Waals surface area (Å²) < 4.78 is 0. The molecule has 3 aromatic rings. The Balaban J connectivity index is 2.02. The summed E-state index contributed by atoms with van der Waals surface area (Å²) in [5, 5.41) is 0. The van der Waals surface area contributed by atoms with Crippen molar-refractivity contribution in [1.29, 1.82) is 0 Å². The van der Waals surface area contributed by atoms with Crippen molar-refractivity contribution in [2.24, 2.45) is 0 Å². The lowest BCUT2D eigenvalue weighted by molar-refractivity contribution is -0.110. The molecule has 0 aliphatic heterocycles. The molecule has 0 N–H and O–H groups in total. The van der Waals surface area contributed by atoms with Gasteiger partial charge in [0.05, 0.1) is 0 Å². The lowest BCUT2D eigenvalue weighted by Gasteiger charge is -2.31. The zero-order valence-corrected chi connectivity index (χ0v) is 14.1. The standard InChI is InChI=1S/C24H20O/c25-18-24(21-10-3-1-4-11-21,22-12-5-2-6-13-22)23-14-8-7-9-20(23)17-19-15-16-19/h1-14,17-18H,15-16H2. The first kappa shape index (κ1) is 15.6. The van der Waals surface area contributed by atoms with Gasteiger partial charge in [-0.2, -0.15) is 0 Å². The summed E-state index contributed by atoms with van der Waals surface area (Å²) in [5.41, 5.74) is 4.83. The molecule has 0 unspecified atom stereocenters. The highest BCUT2D eigenvalue weighted by Gasteiger charge is 2.37. The number of aldehydes is 1. The molecule has 0 saturated heterocycles. The molecule has 4 rings (SSSR count). The summed E-state index contributed by atoms with van der Waals surface area (Å²) in [5.74, 6) is 0. The maximum atomic E-state index is 12.7. The highest BCUT2D eigenvalue weighted by Crippen LogP contribution is 2.41. The summed E-state index contributed by atoms with van der Waals surface area (Å²) >= 11 is 0. The van der Waals surface area contributed by atoms with Crippen molar-refractivity contribution in [2.75, 3.05) is 0 Å². The molecule has 1 aliphatic rings. The predicted molar refractivity (Wildman–Crippen MR) is 102 cm³/mol. The van der Waals surface area contributed by atoms with Gasteiger partial charge in [0.1, 0.15) is 11.7 Å². The van der Waals surface area contributed by atoms with Gasteiger partial charge in [-0.25, -0.2) is 0 Å². The van der Waals surface area contributed by atoms with Crippen molar-refractivity contribution in [3.63, 3.8) is 0 Å². The van der Waals surface area contributed by atoms with Crippen molar-refractivity contribution in [1.82, 2.24) is 0 Å². The Morgan fingerprint density at radius 2 is 1.20 bits per heavy atom. The number of carbonyl (C=O) groups is 1. The lowest BCUT2D eigenvalue weighted by atomic mass is 9.69. The summed E-state index contributed by atoms with van der Waals surface area (Å²) in [4.78, 5) is 12.7. The fourth-order valence-corrected chi connectivity index (χ4v) is 3.50. The molecule has 3 aromatic carbocycles. The van der Waals surface area contributed by atoms with Crippen LogP contribution in [-0.4, -0.2) is 6.29 Å². The third-order valence-electron chi connectivity index (χ3n) is 4.92. The van der Waals surface area contributed by atoms with Gasteiger partial charge >= 0.3 is 0 Å². The van der Waals surface area contributed by atoms with Crippen LogP contribution < -0.4 is 0 Å². The van der Waals surface area contributed by atoms with Crippen LogP contribution in [0.15, 0.2) is 90.5 Å². The predicted octanol–water partition coefficient (Wildman–Crippen LogP) is 5.40. The number of rotatable bonds is 5. The molecule has 1 fully saturated rings. The molecule has 0 spiro atoms. The first-order chi connectivity index (χ1) is 12.3. The van der Waals surface area contributed by atoms with Gasteiger partial charge in [-0.15, -0.1) is 0 Å². The van der Waals surface area contributed by atoms with Gasteiger partial charge in [-0.05, 0) is 35.1 Å². The second kappa shape index (κ2) is 6.52. The Hall–Kier alpha value is -2.93. The smallest absolute Gasteiger partial charge is 0.139 e. The Bertz CT molecular complexity index is 862. The van der Waals surface area contributed by atoms with Crippen molar-refractivity contribution in [3.8, 4) is 0 Å². The van der Waals surface area contributed by atoms with Crippen LogP contribution >= 0.6 is 0 Å². The molecule has 25 heavy (non-hydrogen) atoms. The first-order valence-corrected chi connectivity index (χ1v) is 8.71. The van der Waals surface area contributed by atoms with Gasteiger partial charge in [-0.1, -0.05) is 96.6 Å². The van der Waals surface area contributed by atoms with Crippen molar-refractivity contribution in [2.45, 2.75) is 18.3 Å². The van der Waals surface area contributed by atoms with E-state index in [0.717, 1.165) is 28.5 Å². The summed E-state index contributed by atoms with van der Waals surface area (Å²) in [7, 11) is 0. The topological polar surface area (TPSA) is 17.1 Å². The number of hydrogen-bond donors (Lipinski definition) is 0. The van der Waals surface area contributed by atoms with E-state index >= 15 is 0 Å². The third kappa shape index (κ3) is 2.83. The van der Waals surface area contributed by atoms with Gasteiger partial charge in [0, 0.05) is 0 Å². The van der Waals surface area contributed by atoms with Crippen LogP contribution in [0.2, 0.25) is 0 Å². The second-order valence-electron chi connectivity index (χ2n) is 6.55. The van der Waals surface area contributed by atoms with Crippen LogP contribution in [0.4, 0.5) is 0 Å². The van der Waals surface area contributed by atoms with E-state index in [4.69, 9.17) is 0 Å². The van der Waals surface area contributed by atoms with E-state index in [0.29, 0.717) is 0 Å². The average Bonchev–Trinajstić information content (AvgIpc) is 3.50. The SMILES string of the molecule is O=CC(c1ccccc1)(c1ccccc1)c1ccccc1C=C1CC1. The Morgan fingerprint density at radius 3 is 1.72 bits per heavy atom. The molecule has 0 radical (unpaired) electrons. The zero-order valence-electron chi connectivity index (χ0n) is 14.1. The molecule has 1 heteroatoms. The highest BCUT2D eigenvalue weighted by atomic mass is 16.1. The van der Waals surface area contributed by atoms with Gasteiger partial charge in [0.25, 0.3) is 0 Å². The van der Waals surface area contributed by atoms with Crippen LogP contribution in [-0.2, 0) is 10.2 Å². The van der Waals surface area contributed by atoms with Crippen LogP contribution in [0, 0.1) is 0 Å². The molecule has 0 bridgehead atoms. The van der Waals surface area contributed by atoms with Crippen LogP contribution in [0.5, 0.6) is 0 Å². The molecule has 1 aliphatic carbocycles. The summed E-state index contributed by atoms with van der Waals surface area (Å²) in [6.45, 7) is 0. The van der Waals surface area contributed by atoms with Crippen molar-refractivity contribution >= 4 is 12.4 Å². The number of hydrogen-bond acceptors (Lipinski definition) is 1. The quantitative estimate of drug-likeness (QED) is 0.454. The second-order valence-corrected chi connectivity index (χ2v) is 6.55. The minimum absolute atomic E-state index is 0.801. The molecular formula is C24H20O. The van der Waals surface area contributed by atoms with E-state index < -0.39 is 5.41 Å². The molecule has 0 atom stereocenters. The van der Waals surface area contributed by atoms with Crippen molar-refractivity contribution in [3.05, 3.63) is 113 Å². The number of carbonyl (C=O) groups excluding carboxylic acids is 1. The monoisotopic (exact) mass is 324 g/mol. The first-order valence-electron chi connectivity index (χ1n) is 8.71. The fourth-order valence-electron chi connectivity index (χ4n) is 3.50. The minimum Gasteiger partial charge on any atom is -0.302 e. The maximum Gasteiger partial charge on any atom is 0.139 e. The van der Waals surface area contributed by atoms with E-state index in [9.17, 15) is 4.79 Å². The fraction of sp³-hybridized carbons (Fsp3) is 0.125. The van der Waals surface area contributed by atoms with Crippen LogP contribution in [0.25, 0.3) is 6.08 Å². The maximum absolute atomic E-state index is 12.7. The molecule has 0 heterocycles. The van der Waals surface area contributed by atoms with E-state index in [-0.39, 0.29) is 0 Å². The molecular weight excluding hydrogens is 304 g/mol. The molecule has 122 valence electrons. The lowest BCUT2D eigenvalue weighted by Crippen LogP contribution is -2.32. The Labute approximate surface area is 148 Å². The van der Waals surface area contributed by atoms with E-state index in [1.807, 2.05) is 72.8 Å². The van der Waals surface area contributed by atoms with Crippen molar-refractivity contribution < 1.29 is 4.79 Å². The summed E-state index contributed by atoms with van der Waals surface area (Å²) in [6, 6.07) is 28.4. The molecule has 1 saturated carbocycles. The zero-order chi connectivity index (χ0) is 17.1. The highest BCUT2D eigenvalue weighted by molar-refractivity contribution is 5.84. The minimum atomic E-state index is -0.801. The van der Waals surface area contributed by atoms with Gasteiger partial charge in [0.15, 0.2) is 0 Å². The summed E-state index contributed by atoms with van der Waals surface area (Å²) in [6.07, 6.45) is 5.68. The largest absolute Gasteiger partial charge is 0.302 e.